The number of sulfone groups is 1. The number of carbonyl (C=O) groups is 2. The summed E-state index contributed by atoms with van der Waals surface area (Å²) in [5.74, 6) is -3.65. The molecule has 4 rings (SSSR count). The van der Waals surface area contributed by atoms with Gasteiger partial charge in [-0.1, -0.05) is 6.07 Å². The number of ketones is 1. The second kappa shape index (κ2) is 10.9. The summed E-state index contributed by atoms with van der Waals surface area (Å²) >= 11 is 1.10. The molecule has 0 radical (unpaired) electrons. The maximum absolute atomic E-state index is 14.1. The predicted octanol–water partition coefficient (Wildman–Crippen LogP) is 1.97. The summed E-state index contributed by atoms with van der Waals surface area (Å²) in [5.41, 5.74) is -2.17. The molecule has 2 heterocycles. The Morgan fingerprint density at radius 3 is 2.33 bits per heavy atom. The van der Waals surface area contributed by atoms with E-state index in [0.29, 0.717) is 22.9 Å². The first-order chi connectivity index (χ1) is 18.4. The monoisotopic (exact) mass is 583 g/mol. The van der Waals surface area contributed by atoms with Crippen LogP contribution in [0.15, 0.2) is 29.7 Å². The highest BCUT2D eigenvalue weighted by Gasteiger charge is 2.56. The quantitative estimate of drug-likeness (QED) is 0.217. The van der Waals surface area contributed by atoms with Crippen molar-refractivity contribution in [2.75, 3.05) is 32.1 Å². The van der Waals surface area contributed by atoms with Gasteiger partial charge >= 0.3 is 0 Å². The molecule has 1 amide bonds. The zero-order valence-corrected chi connectivity index (χ0v) is 23.5. The Hall–Kier alpha value is -2.97. The number of aliphatic hydroxyl groups excluding tert-OH is 1. The predicted molar refractivity (Wildman–Crippen MR) is 141 cm³/mol. The normalized spacial score (nSPS) is 19.6. The summed E-state index contributed by atoms with van der Waals surface area (Å²) in [6.07, 6.45) is 1.17. The van der Waals surface area contributed by atoms with Crippen LogP contribution in [0.4, 0.5) is 8.78 Å². The summed E-state index contributed by atoms with van der Waals surface area (Å²) < 4.78 is 51.4. The van der Waals surface area contributed by atoms with Crippen LogP contribution in [0.3, 0.4) is 0 Å². The van der Waals surface area contributed by atoms with Gasteiger partial charge in [0.15, 0.2) is 15.6 Å². The number of Topliss-reactive ketones (excluding diaryl/α,β-unsaturated/α-hetero) is 1. The average molecular weight is 584 g/mol. The number of allylic oxidation sites excluding steroid dienone is 1. The van der Waals surface area contributed by atoms with Gasteiger partial charge in [0.2, 0.25) is 5.78 Å². The van der Waals surface area contributed by atoms with Crippen molar-refractivity contribution in [2.45, 2.75) is 50.1 Å². The molecule has 212 valence electrons. The van der Waals surface area contributed by atoms with Crippen molar-refractivity contribution >= 4 is 32.9 Å². The van der Waals surface area contributed by atoms with E-state index in [1.807, 2.05) is 0 Å². The third-order valence-corrected chi connectivity index (χ3v) is 10.3. The Labute approximate surface area is 229 Å². The second-order valence-corrected chi connectivity index (χ2v) is 13.1. The fourth-order valence-corrected chi connectivity index (χ4v) is 7.59. The van der Waals surface area contributed by atoms with Gasteiger partial charge in [-0.3, -0.25) is 14.9 Å². The minimum Gasteiger partial charge on any atom is -0.503 e. The molecule has 1 aliphatic carbocycles. The van der Waals surface area contributed by atoms with Gasteiger partial charge in [0.1, 0.15) is 27.3 Å². The SMILES string of the molecule is CCN(C(=O)/C(NC)=C(\O)C(=O)C1(c2nnc(Cc3ccc(F)cc3F)s2)CC1)C1(NC)CCS(=O)(=O)CC1. The average Bonchev–Trinajstić information content (AvgIpc) is 3.58. The fraction of sp³-hybridized carbons (Fsp3) is 0.520. The highest BCUT2D eigenvalue weighted by Crippen LogP contribution is 2.51. The number of nitrogens with one attached hydrogen (secondary N) is 2. The largest absolute Gasteiger partial charge is 0.503 e. The van der Waals surface area contributed by atoms with Gasteiger partial charge in [-0.15, -0.1) is 21.5 Å². The van der Waals surface area contributed by atoms with Crippen molar-refractivity contribution in [3.8, 4) is 0 Å². The number of benzene rings is 1. The fourth-order valence-electron chi connectivity index (χ4n) is 4.98. The molecule has 1 aromatic carbocycles. The molecular formula is C25H31F2N5O5S2. The number of aromatic nitrogens is 2. The Bertz CT molecular complexity index is 1410. The summed E-state index contributed by atoms with van der Waals surface area (Å²) in [5, 5.41) is 25.8. The topological polar surface area (TPSA) is 142 Å². The van der Waals surface area contributed by atoms with Crippen LogP contribution in [0.25, 0.3) is 0 Å². The van der Waals surface area contributed by atoms with Gasteiger partial charge in [-0.25, -0.2) is 17.2 Å². The number of hydrogen-bond donors (Lipinski definition) is 3. The Balaban J connectivity index is 1.58. The lowest BCUT2D eigenvalue weighted by molar-refractivity contribution is -0.136. The van der Waals surface area contributed by atoms with Crippen LogP contribution in [-0.2, 0) is 31.3 Å². The third kappa shape index (κ3) is 5.54. The van der Waals surface area contributed by atoms with Crippen LogP contribution in [0.2, 0.25) is 0 Å². The lowest BCUT2D eigenvalue weighted by Crippen LogP contribution is -2.63. The molecule has 1 saturated heterocycles. The van der Waals surface area contributed by atoms with E-state index < -0.39 is 50.0 Å². The molecule has 0 unspecified atom stereocenters. The number of likely N-dealkylation sites (N-methyl/N-ethyl adjacent to an activating group) is 2. The molecule has 1 aliphatic heterocycles. The van der Waals surface area contributed by atoms with Gasteiger partial charge in [0.25, 0.3) is 5.91 Å². The van der Waals surface area contributed by atoms with Crippen molar-refractivity contribution in [1.82, 2.24) is 25.7 Å². The van der Waals surface area contributed by atoms with E-state index in [9.17, 15) is 31.9 Å². The molecule has 1 aromatic heterocycles. The Morgan fingerprint density at radius 2 is 1.79 bits per heavy atom. The molecule has 0 bridgehead atoms. The molecular weight excluding hydrogens is 552 g/mol. The van der Waals surface area contributed by atoms with E-state index in [4.69, 9.17) is 0 Å². The summed E-state index contributed by atoms with van der Waals surface area (Å²) in [7, 11) is -0.146. The number of carbonyl (C=O) groups excluding carboxylic acids is 2. The van der Waals surface area contributed by atoms with Crippen LogP contribution in [0, 0.1) is 11.6 Å². The van der Waals surface area contributed by atoms with Gasteiger partial charge < -0.3 is 15.3 Å². The van der Waals surface area contributed by atoms with Crippen LogP contribution in [0.1, 0.15) is 48.2 Å². The van der Waals surface area contributed by atoms with Crippen LogP contribution in [0.5, 0.6) is 0 Å². The Kier molecular flexibility index (Phi) is 8.11. The molecule has 2 aromatic rings. The number of hydrogen-bond acceptors (Lipinski definition) is 10. The number of amides is 1. The minimum atomic E-state index is -3.21. The second-order valence-electron chi connectivity index (χ2n) is 9.78. The third-order valence-electron chi connectivity index (χ3n) is 7.53. The van der Waals surface area contributed by atoms with Gasteiger partial charge in [0.05, 0.1) is 22.6 Å². The van der Waals surface area contributed by atoms with E-state index in [1.165, 1.54) is 18.0 Å². The summed E-state index contributed by atoms with van der Waals surface area (Å²) in [6.45, 7) is 1.94. The molecule has 14 heteroatoms. The van der Waals surface area contributed by atoms with Crippen molar-refractivity contribution in [2.24, 2.45) is 0 Å². The molecule has 1 saturated carbocycles. The standard InChI is InChI=1S/C25H31F2N5O5S2/c1-4-32(25(29-3)9-11-39(36,37)12-10-25)22(35)19(28-2)20(33)21(34)24(7-8-24)23-31-30-18(38-23)13-15-5-6-16(26)14-17(15)27/h5-6,14,28-29,33H,4,7-13H2,1-3H3/b20-19+. The molecule has 39 heavy (non-hydrogen) atoms. The molecule has 10 nitrogen and oxygen atoms in total. The number of nitrogens with zero attached hydrogens (tertiary/aromatic N) is 3. The van der Waals surface area contributed by atoms with E-state index in [2.05, 4.69) is 20.8 Å². The first kappa shape index (κ1) is 29.0. The van der Waals surface area contributed by atoms with Gasteiger partial charge in [-0.05, 0) is 51.3 Å². The highest BCUT2D eigenvalue weighted by atomic mass is 32.2. The van der Waals surface area contributed by atoms with Crippen molar-refractivity contribution in [3.63, 3.8) is 0 Å². The molecule has 0 spiro atoms. The summed E-state index contributed by atoms with van der Waals surface area (Å²) in [4.78, 5) is 28.6. The van der Waals surface area contributed by atoms with E-state index in [0.717, 1.165) is 23.5 Å². The minimum absolute atomic E-state index is 0.0589. The summed E-state index contributed by atoms with van der Waals surface area (Å²) in [6, 6.07) is 3.25. The zero-order valence-electron chi connectivity index (χ0n) is 21.9. The number of rotatable bonds is 10. The van der Waals surface area contributed by atoms with Crippen LogP contribution < -0.4 is 10.6 Å². The van der Waals surface area contributed by atoms with E-state index in [-0.39, 0.29) is 48.6 Å². The first-order valence-electron chi connectivity index (χ1n) is 12.6. The van der Waals surface area contributed by atoms with Crippen molar-refractivity contribution < 1.29 is 31.9 Å². The lowest BCUT2D eigenvalue weighted by atomic mass is 9.97. The maximum atomic E-state index is 14.1. The van der Waals surface area contributed by atoms with Gasteiger partial charge in [-0.2, -0.15) is 0 Å². The highest BCUT2D eigenvalue weighted by molar-refractivity contribution is 7.91. The smallest absolute Gasteiger partial charge is 0.275 e. The Morgan fingerprint density at radius 1 is 1.13 bits per heavy atom. The van der Waals surface area contributed by atoms with E-state index in [1.54, 1.807) is 14.0 Å². The molecule has 0 atom stereocenters. The van der Waals surface area contributed by atoms with Crippen molar-refractivity contribution in [1.29, 1.82) is 0 Å². The first-order valence-corrected chi connectivity index (χ1v) is 15.2. The van der Waals surface area contributed by atoms with Gasteiger partial charge in [0, 0.05) is 26.1 Å². The molecule has 2 fully saturated rings. The molecule has 2 aliphatic rings. The van der Waals surface area contributed by atoms with Crippen LogP contribution in [-0.4, -0.2) is 78.1 Å². The van der Waals surface area contributed by atoms with E-state index >= 15 is 0 Å². The number of halogens is 2. The van der Waals surface area contributed by atoms with Crippen LogP contribution >= 0.6 is 11.3 Å². The molecule has 3 N–H and O–H groups in total. The maximum Gasteiger partial charge on any atom is 0.275 e. The number of aliphatic hydroxyl groups is 1. The zero-order chi connectivity index (χ0) is 28.6. The lowest BCUT2D eigenvalue weighted by Gasteiger charge is -2.46. The van der Waals surface area contributed by atoms with Crippen molar-refractivity contribution in [3.05, 3.63) is 56.9 Å².